The summed E-state index contributed by atoms with van der Waals surface area (Å²) in [4.78, 5) is 12.8. The first-order chi connectivity index (χ1) is 11.2. The zero-order valence-electron chi connectivity index (χ0n) is 13.2. The summed E-state index contributed by atoms with van der Waals surface area (Å²) in [6.07, 6.45) is 4.46. The average molecular weight is 311 g/mol. The monoisotopic (exact) mass is 311 g/mol. The molecule has 2 unspecified atom stereocenters. The fraction of sp³-hybridized carbons (Fsp3) is 0.444. The molecule has 2 aromatic rings. The Morgan fingerprint density at radius 1 is 1.22 bits per heavy atom. The van der Waals surface area contributed by atoms with Crippen molar-refractivity contribution in [1.29, 1.82) is 0 Å². The molecular weight excluding hydrogens is 290 g/mol. The topological polar surface area (TPSA) is 67.2 Å². The van der Waals surface area contributed by atoms with Gasteiger partial charge in [0, 0.05) is 23.7 Å². The number of hydrogen-bond donors (Lipinski definition) is 2. The number of aromatic nitrogens is 1. The second kappa shape index (κ2) is 5.81. The first-order valence-corrected chi connectivity index (χ1v) is 8.29. The molecule has 4 rings (SSSR count). The van der Waals surface area contributed by atoms with E-state index in [0.29, 0.717) is 29.1 Å². The lowest BCUT2D eigenvalue weighted by molar-refractivity contribution is 0.0923. The van der Waals surface area contributed by atoms with Crippen molar-refractivity contribution >= 4 is 5.91 Å². The minimum absolute atomic E-state index is 0.0751. The van der Waals surface area contributed by atoms with Crippen LogP contribution in [-0.2, 0) is 0 Å². The van der Waals surface area contributed by atoms with Crippen molar-refractivity contribution in [2.45, 2.75) is 50.7 Å². The maximum absolute atomic E-state index is 12.8. The van der Waals surface area contributed by atoms with Crippen molar-refractivity contribution in [3.8, 4) is 11.3 Å². The van der Waals surface area contributed by atoms with Crippen LogP contribution in [0, 0.1) is 6.92 Å². The number of nitrogens with zero attached hydrogens (tertiary/aromatic N) is 1. The molecule has 2 atom stereocenters. The lowest BCUT2D eigenvalue weighted by Gasteiger charge is -2.29. The lowest BCUT2D eigenvalue weighted by Crippen LogP contribution is -2.48. The highest BCUT2D eigenvalue weighted by molar-refractivity contribution is 6.00. The molecule has 1 aromatic heterocycles. The quantitative estimate of drug-likeness (QED) is 0.914. The van der Waals surface area contributed by atoms with Crippen molar-refractivity contribution in [3.05, 3.63) is 41.7 Å². The van der Waals surface area contributed by atoms with E-state index in [1.165, 1.54) is 12.8 Å². The molecule has 0 spiro atoms. The summed E-state index contributed by atoms with van der Waals surface area (Å²) in [6.45, 7) is 1.79. The Balaban J connectivity index is 1.56. The third kappa shape index (κ3) is 2.77. The number of aryl methyl sites for hydroxylation is 1. The smallest absolute Gasteiger partial charge is 0.257 e. The molecular formula is C18H21N3O2. The van der Waals surface area contributed by atoms with Crippen molar-refractivity contribution < 1.29 is 9.32 Å². The van der Waals surface area contributed by atoms with Crippen LogP contribution in [0.25, 0.3) is 11.3 Å². The van der Waals surface area contributed by atoms with Gasteiger partial charge in [-0.15, -0.1) is 0 Å². The van der Waals surface area contributed by atoms with E-state index in [-0.39, 0.29) is 11.9 Å². The Morgan fingerprint density at radius 2 is 1.91 bits per heavy atom. The van der Waals surface area contributed by atoms with Gasteiger partial charge in [0.05, 0.1) is 0 Å². The van der Waals surface area contributed by atoms with Crippen LogP contribution < -0.4 is 10.6 Å². The molecule has 5 nitrogen and oxygen atoms in total. The summed E-state index contributed by atoms with van der Waals surface area (Å²) < 4.78 is 5.29. The minimum Gasteiger partial charge on any atom is -0.360 e. The predicted molar refractivity (Wildman–Crippen MR) is 87.1 cm³/mol. The molecule has 2 aliphatic rings. The predicted octanol–water partition coefficient (Wildman–Crippen LogP) is 2.66. The van der Waals surface area contributed by atoms with Gasteiger partial charge in [-0.05, 0) is 32.6 Å². The normalized spacial score (nSPS) is 26.2. The maximum Gasteiger partial charge on any atom is 0.257 e. The molecule has 2 aliphatic heterocycles. The van der Waals surface area contributed by atoms with Crippen LogP contribution >= 0.6 is 0 Å². The fourth-order valence-electron chi connectivity index (χ4n) is 3.87. The molecule has 2 saturated heterocycles. The standard InChI is InChI=1S/C18H21N3O2/c1-11-16(17(21-23-11)12-5-3-2-4-6-12)18(22)20-15-9-13-7-8-14(10-15)19-13/h2-6,13-15,19H,7-10H2,1H3,(H,20,22). The van der Waals surface area contributed by atoms with Gasteiger partial charge >= 0.3 is 0 Å². The second-order valence-electron chi connectivity index (χ2n) is 6.61. The Kier molecular flexibility index (Phi) is 3.65. The fourth-order valence-corrected chi connectivity index (χ4v) is 3.87. The molecule has 5 heteroatoms. The van der Waals surface area contributed by atoms with Crippen LogP contribution in [-0.4, -0.2) is 29.2 Å². The van der Waals surface area contributed by atoms with Crippen LogP contribution in [0.2, 0.25) is 0 Å². The number of amides is 1. The van der Waals surface area contributed by atoms with E-state index in [4.69, 9.17) is 4.52 Å². The molecule has 120 valence electrons. The van der Waals surface area contributed by atoms with Gasteiger partial charge < -0.3 is 15.2 Å². The summed E-state index contributed by atoms with van der Waals surface area (Å²) in [5.41, 5.74) is 2.08. The summed E-state index contributed by atoms with van der Waals surface area (Å²) in [5, 5.41) is 10.9. The Hall–Kier alpha value is -2.14. The van der Waals surface area contributed by atoms with Crippen LogP contribution in [0.15, 0.2) is 34.9 Å². The SMILES string of the molecule is Cc1onc(-c2ccccc2)c1C(=O)NC1CC2CCC(C1)N2. The van der Waals surface area contributed by atoms with E-state index in [1.807, 2.05) is 30.3 Å². The highest BCUT2D eigenvalue weighted by Crippen LogP contribution is 2.28. The van der Waals surface area contributed by atoms with Crippen LogP contribution in [0.5, 0.6) is 0 Å². The molecule has 0 radical (unpaired) electrons. The summed E-state index contributed by atoms with van der Waals surface area (Å²) in [6, 6.07) is 11.0. The van der Waals surface area contributed by atoms with Gasteiger partial charge in [-0.1, -0.05) is 35.5 Å². The van der Waals surface area contributed by atoms with Crippen molar-refractivity contribution in [3.63, 3.8) is 0 Å². The second-order valence-corrected chi connectivity index (χ2v) is 6.61. The molecule has 1 aromatic carbocycles. The Labute approximate surface area is 135 Å². The maximum atomic E-state index is 12.8. The van der Waals surface area contributed by atoms with Crippen LogP contribution in [0.4, 0.5) is 0 Å². The number of nitrogens with one attached hydrogen (secondary N) is 2. The number of rotatable bonds is 3. The van der Waals surface area contributed by atoms with E-state index < -0.39 is 0 Å². The largest absolute Gasteiger partial charge is 0.360 e. The van der Waals surface area contributed by atoms with Gasteiger partial charge in [0.1, 0.15) is 17.0 Å². The Bertz CT molecular complexity index is 698. The molecule has 0 saturated carbocycles. The summed E-state index contributed by atoms with van der Waals surface area (Å²) in [5.74, 6) is 0.493. The van der Waals surface area contributed by atoms with Crippen LogP contribution in [0.1, 0.15) is 41.8 Å². The summed E-state index contributed by atoms with van der Waals surface area (Å²) >= 11 is 0. The molecule has 1 amide bonds. The van der Waals surface area contributed by atoms with Gasteiger partial charge in [0.25, 0.3) is 5.91 Å². The zero-order valence-corrected chi connectivity index (χ0v) is 13.2. The molecule has 0 aliphatic carbocycles. The lowest BCUT2D eigenvalue weighted by atomic mass is 9.98. The number of benzene rings is 1. The van der Waals surface area contributed by atoms with Crippen molar-refractivity contribution in [1.82, 2.24) is 15.8 Å². The first-order valence-electron chi connectivity index (χ1n) is 8.29. The van der Waals surface area contributed by atoms with E-state index in [0.717, 1.165) is 18.4 Å². The highest BCUT2D eigenvalue weighted by atomic mass is 16.5. The van der Waals surface area contributed by atoms with E-state index in [1.54, 1.807) is 6.92 Å². The first kappa shape index (κ1) is 14.5. The minimum atomic E-state index is -0.0751. The average Bonchev–Trinajstić information content (AvgIpc) is 3.10. The number of hydrogen-bond acceptors (Lipinski definition) is 4. The number of carbonyl (C=O) groups is 1. The highest BCUT2D eigenvalue weighted by Gasteiger charge is 2.35. The van der Waals surface area contributed by atoms with Crippen molar-refractivity contribution in [2.75, 3.05) is 0 Å². The Morgan fingerprint density at radius 3 is 2.61 bits per heavy atom. The number of carbonyl (C=O) groups excluding carboxylic acids is 1. The number of piperidine rings is 1. The van der Waals surface area contributed by atoms with E-state index >= 15 is 0 Å². The third-order valence-electron chi connectivity index (χ3n) is 4.95. The van der Waals surface area contributed by atoms with Crippen LogP contribution in [0.3, 0.4) is 0 Å². The van der Waals surface area contributed by atoms with Gasteiger partial charge in [0.15, 0.2) is 0 Å². The number of fused-ring (bicyclic) bond motifs is 2. The molecule has 2 bridgehead atoms. The van der Waals surface area contributed by atoms with Gasteiger partial charge in [0.2, 0.25) is 0 Å². The molecule has 23 heavy (non-hydrogen) atoms. The zero-order chi connectivity index (χ0) is 15.8. The molecule has 3 heterocycles. The molecule has 2 fully saturated rings. The molecule has 2 N–H and O–H groups in total. The van der Waals surface area contributed by atoms with E-state index in [9.17, 15) is 4.79 Å². The third-order valence-corrected chi connectivity index (χ3v) is 4.95. The van der Waals surface area contributed by atoms with Gasteiger partial charge in [-0.25, -0.2) is 0 Å². The van der Waals surface area contributed by atoms with Gasteiger partial charge in [-0.2, -0.15) is 0 Å². The van der Waals surface area contributed by atoms with Crippen molar-refractivity contribution in [2.24, 2.45) is 0 Å². The summed E-state index contributed by atoms with van der Waals surface area (Å²) in [7, 11) is 0. The van der Waals surface area contributed by atoms with Gasteiger partial charge in [-0.3, -0.25) is 4.79 Å². The van der Waals surface area contributed by atoms with E-state index in [2.05, 4.69) is 15.8 Å².